The summed E-state index contributed by atoms with van der Waals surface area (Å²) in [5.41, 5.74) is 6.46. The zero-order valence-electron chi connectivity index (χ0n) is 20.9. The highest BCUT2D eigenvalue weighted by atomic mass is 16.1. The molecule has 0 saturated carbocycles. The molecule has 2 N–H and O–H groups in total. The van der Waals surface area contributed by atoms with Crippen LogP contribution >= 0.6 is 0 Å². The van der Waals surface area contributed by atoms with Gasteiger partial charge in [0.1, 0.15) is 0 Å². The lowest BCUT2D eigenvalue weighted by molar-refractivity contribution is 0.0918. The number of rotatable bonds is 5. The Kier molecular flexibility index (Phi) is 6.36. The zero-order valence-corrected chi connectivity index (χ0v) is 20.9. The molecule has 9 nitrogen and oxygen atoms in total. The van der Waals surface area contributed by atoms with Crippen LogP contribution in [0, 0.1) is 0 Å². The van der Waals surface area contributed by atoms with E-state index in [2.05, 4.69) is 49.8 Å². The zero-order chi connectivity index (χ0) is 25.2. The van der Waals surface area contributed by atoms with Gasteiger partial charge < -0.3 is 15.5 Å². The van der Waals surface area contributed by atoms with Gasteiger partial charge >= 0.3 is 0 Å². The molecule has 0 bridgehead atoms. The molecule has 0 atom stereocenters. The molecule has 1 saturated heterocycles. The van der Waals surface area contributed by atoms with Gasteiger partial charge in [-0.3, -0.25) is 9.78 Å². The van der Waals surface area contributed by atoms with Crippen molar-refractivity contribution >= 4 is 28.6 Å². The number of fused-ring (bicyclic) bond motifs is 2. The lowest BCUT2D eigenvalue weighted by Crippen LogP contribution is -2.43. The van der Waals surface area contributed by atoms with E-state index in [0.717, 1.165) is 78.8 Å². The Balaban J connectivity index is 1.28. The third-order valence-electron chi connectivity index (χ3n) is 7.19. The summed E-state index contributed by atoms with van der Waals surface area (Å²) in [6.07, 6.45) is 16.0. The van der Waals surface area contributed by atoms with E-state index >= 15 is 0 Å². The highest BCUT2D eigenvalue weighted by molar-refractivity contribution is 6.01. The Bertz CT molecular complexity index is 1450. The molecule has 6 rings (SSSR count). The summed E-state index contributed by atoms with van der Waals surface area (Å²) in [7, 11) is 2.12. The first kappa shape index (κ1) is 23.3. The van der Waals surface area contributed by atoms with Crippen molar-refractivity contribution in [1.29, 1.82) is 0 Å². The van der Waals surface area contributed by atoms with Gasteiger partial charge in [0.15, 0.2) is 0 Å². The third-order valence-corrected chi connectivity index (χ3v) is 7.19. The van der Waals surface area contributed by atoms with Crippen molar-refractivity contribution in [3.05, 3.63) is 83.7 Å². The average Bonchev–Trinajstić information content (AvgIpc) is 3.23. The molecular weight excluding hydrogens is 464 g/mol. The van der Waals surface area contributed by atoms with Gasteiger partial charge in [0.05, 0.1) is 23.0 Å². The number of nitrogens with one attached hydrogen (secondary N) is 2. The topological polar surface area (TPSA) is 100 Å². The van der Waals surface area contributed by atoms with Gasteiger partial charge in [-0.05, 0) is 87.6 Å². The van der Waals surface area contributed by atoms with Gasteiger partial charge in [0.2, 0.25) is 5.95 Å². The summed E-state index contributed by atoms with van der Waals surface area (Å²) in [6, 6.07) is 8.08. The van der Waals surface area contributed by atoms with E-state index in [9.17, 15) is 4.79 Å². The first-order valence-electron chi connectivity index (χ1n) is 12.8. The molecule has 1 fully saturated rings. The number of allylic oxidation sites excluding steroid dienone is 1. The van der Waals surface area contributed by atoms with Crippen LogP contribution in [0.4, 0.5) is 11.6 Å². The normalized spacial score (nSPS) is 16.6. The number of aryl methyl sites for hydroxylation is 1. The average molecular weight is 495 g/mol. The number of likely N-dealkylation sites (tertiary alicyclic amines) is 1. The number of carbonyl (C=O) groups excluding carboxylic acids is 1. The Hall–Kier alpha value is -4.11. The smallest absolute Gasteiger partial charge is 0.255 e. The number of amides is 1. The first-order chi connectivity index (χ1) is 18.1. The number of aromatic nitrogens is 5. The van der Waals surface area contributed by atoms with Gasteiger partial charge in [-0.1, -0.05) is 6.08 Å². The van der Waals surface area contributed by atoms with E-state index in [-0.39, 0.29) is 11.9 Å². The molecule has 2 aliphatic rings. The third kappa shape index (κ3) is 4.95. The SMILES string of the molecule is CN1CCC(NC(=O)c2cnn3ccc(C4=CCCCc5nc(Nc6ccncc6)ncc54)cc23)CC1. The fraction of sp³-hybridized carbons (Fsp3) is 0.321. The Morgan fingerprint density at radius 2 is 1.95 bits per heavy atom. The molecule has 0 aromatic carbocycles. The molecule has 0 radical (unpaired) electrons. The summed E-state index contributed by atoms with van der Waals surface area (Å²) in [5.74, 6) is 0.511. The molecule has 4 aromatic heterocycles. The van der Waals surface area contributed by atoms with E-state index in [1.165, 1.54) is 0 Å². The maximum atomic E-state index is 13.2. The second kappa shape index (κ2) is 10.1. The Morgan fingerprint density at radius 1 is 1.11 bits per heavy atom. The van der Waals surface area contributed by atoms with Crippen LogP contribution in [0.5, 0.6) is 0 Å². The van der Waals surface area contributed by atoms with Crippen molar-refractivity contribution in [3.8, 4) is 0 Å². The van der Waals surface area contributed by atoms with Crippen molar-refractivity contribution < 1.29 is 4.79 Å². The number of carbonyl (C=O) groups is 1. The number of nitrogens with zero attached hydrogens (tertiary/aromatic N) is 6. The minimum Gasteiger partial charge on any atom is -0.349 e. The monoisotopic (exact) mass is 494 g/mol. The van der Waals surface area contributed by atoms with Gasteiger partial charge in [-0.2, -0.15) is 5.10 Å². The number of anilines is 2. The van der Waals surface area contributed by atoms with Gasteiger partial charge in [0, 0.05) is 42.1 Å². The van der Waals surface area contributed by atoms with Crippen LogP contribution in [-0.2, 0) is 6.42 Å². The van der Waals surface area contributed by atoms with Crippen molar-refractivity contribution in [2.75, 3.05) is 25.5 Å². The van der Waals surface area contributed by atoms with E-state index in [0.29, 0.717) is 11.5 Å². The fourth-order valence-corrected chi connectivity index (χ4v) is 5.10. The van der Waals surface area contributed by atoms with E-state index < -0.39 is 0 Å². The van der Waals surface area contributed by atoms with Crippen LogP contribution in [0.25, 0.3) is 11.1 Å². The second-order valence-electron chi connectivity index (χ2n) is 9.78. The van der Waals surface area contributed by atoms with Crippen molar-refractivity contribution in [2.24, 2.45) is 0 Å². The van der Waals surface area contributed by atoms with E-state index in [1.54, 1.807) is 23.1 Å². The molecule has 0 unspecified atom stereocenters. The van der Waals surface area contributed by atoms with Crippen LogP contribution in [0.1, 0.15) is 52.9 Å². The Morgan fingerprint density at radius 3 is 2.78 bits per heavy atom. The first-order valence-corrected chi connectivity index (χ1v) is 12.8. The maximum absolute atomic E-state index is 13.2. The predicted octanol–water partition coefficient (Wildman–Crippen LogP) is 3.85. The summed E-state index contributed by atoms with van der Waals surface area (Å²) in [4.78, 5) is 29.0. The number of hydrogen-bond donors (Lipinski definition) is 2. The van der Waals surface area contributed by atoms with Crippen LogP contribution in [-0.4, -0.2) is 61.6 Å². The number of piperidine rings is 1. The molecule has 4 aromatic rings. The highest BCUT2D eigenvalue weighted by Gasteiger charge is 2.22. The summed E-state index contributed by atoms with van der Waals surface area (Å²) < 4.78 is 1.77. The second-order valence-corrected chi connectivity index (χ2v) is 9.78. The molecule has 9 heteroatoms. The van der Waals surface area contributed by atoms with Gasteiger partial charge in [-0.25, -0.2) is 14.5 Å². The minimum absolute atomic E-state index is 0.0629. The standard InChI is InChI=1S/C28H30N8O/c1-35-13-9-21(10-14-35)32-27(37)24-18-31-36-15-8-19(16-26(24)36)22-4-2-3-5-25-23(22)17-30-28(34-25)33-20-6-11-29-12-7-20/h4,6-8,11-12,15-18,21H,2-3,5,9-10,13-14H2,1H3,(H,32,37)(H,29,30,33,34). The molecule has 1 amide bonds. The van der Waals surface area contributed by atoms with E-state index in [1.807, 2.05) is 30.6 Å². The predicted molar refractivity (Wildman–Crippen MR) is 143 cm³/mol. The Labute approximate surface area is 215 Å². The summed E-state index contributed by atoms with van der Waals surface area (Å²) in [5, 5.41) is 10.9. The van der Waals surface area contributed by atoms with Crippen LogP contribution < -0.4 is 10.6 Å². The molecular formula is C28H30N8O. The fourth-order valence-electron chi connectivity index (χ4n) is 5.10. The van der Waals surface area contributed by atoms with Crippen molar-refractivity contribution in [3.63, 3.8) is 0 Å². The molecule has 1 aliphatic carbocycles. The maximum Gasteiger partial charge on any atom is 0.255 e. The van der Waals surface area contributed by atoms with E-state index in [4.69, 9.17) is 4.98 Å². The summed E-state index contributed by atoms with van der Waals surface area (Å²) in [6.45, 7) is 2.00. The molecule has 37 heavy (non-hydrogen) atoms. The summed E-state index contributed by atoms with van der Waals surface area (Å²) >= 11 is 0. The lowest BCUT2D eigenvalue weighted by Gasteiger charge is -2.29. The number of pyridine rings is 2. The highest BCUT2D eigenvalue weighted by Crippen LogP contribution is 2.31. The van der Waals surface area contributed by atoms with Crippen LogP contribution in [0.15, 0.2) is 61.3 Å². The van der Waals surface area contributed by atoms with Crippen molar-refractivity contribution in [2.45, 2.75) is 38.1 Å². The minimum atomic E-state index is -0.0629. The van der Waals surface area contributed by atoms with Crippen LogP contribution in [0.3, 0.4) is 0 Å². The van der Waals surface area contributed by atoms with Gasteiger partial charge in [-0.15, -0.1) is 0 Å². The number of hydrogen-bond acceptors (Lipinski definition) is 7. The van der Waals surface area contributed by atoms with Crippen LogP contribution in [0.2, 0.25) is 0 Å². The molecule has 0 spiro atoms. The largest absolute Gasteiger partial charge is 0.349 e. The van der Waals surface area contributed by atoms with Gasteiger partial charge in [0.25, 0.3) is 5.91 Å². The molecule has 5 heterocycles. The van der Waals surface area contributed by atoms with Crippen molar-refractivity contribution in [1.82, 2.24) is 34.8 Å². The lowest BCUT2D eigenvalue weighted by atomic mass is 9.98. The molecule has 1 aliphatic heterocycles. The molecule has 188 valence electrons. The quantitative estimate of drug-likeness (QED) is 0.435.